The summed E-state index contributed by atoms with van der Waals surface area (Å²) >= 11 is 0. The van der Waals surface area contributed by atoms with Gasteiger partial charge < -0.3 is 0 Å². The molecule has 0 bridgehead atoms. The molecule has 0 saturated heterocycles. The zero-order valence-corrected chi connectivity index (χ0v) is 15.9. The Morgan fingerprint density at radius 1 is 0.552 bits per heavy atom. The first kappa shape index (κ1) is 18.8. The van der Waals surface area contributed by atoms with Crippen molar-refractivity contribution in [3.05, 3.63) is 96.1 Å². The molecular weight excluding hydrogens is 360 g/mol. The van der Waals surface area contributed by atoms with Gasteiger partial charge in [-0.1, -0.05) is 84.9 Å². The van der Waals surface area contributed by atoms with E-state index in [9.17, 15) is 14.4 Å². The Morgan fingerprint density at radius 3 is 1.72 bits per heavy atom. The van der Waals surface area contributed by atoms with Crippen LogP contribution in [0.15, 0.2) is 84.9 Å². The number of ketones is 3. The van der Waals surface area contributed by atoms with E-state index >= 15 is 0 Å². The lowest BCUT2D eigenvalue weighted by molar-refractivity contribution is -0.115. The summed E-state index contributed by atoms with van der Waals surface area (Å²) in [7, 11) is 0. The fourth-order valence-electron chi connectivity index (χ4n) is 3.70. The van der Waals surface area contributed by atoms with Gasteiger partial charge in [-0.2, -0.15) is 0 Å². The number of hydrogen-bond donors (Lipinski definition) is 0. The van der Waals surface area contributed by atoms with Gasteiger partial charge in [0.25, 0.3) is 0 Å². The Morgan fingerprint density at radius 2 is 1.07 bits per heavy atom. The second-order valence-corrected chi connectivity index (χ2v) is 7.08. The second kappa shape index (κ2) is 8.19. The van der Waals surface area contributed by atoms with Gasteiger partial charge in [0.05, 0.1) is 0 Å². The molecule has 0 amide bonds. The monoisotopic (exact) mass is 380 g/mol. The van der Waals surface area contributed by atoms with Gasteiger partial charge in [0, 0.05) is 24.0 Å². The van der Waals surface area contributed by atoms with Crippen LogP contribution >= 0.6 is 0 Å². The maximum atomic E-state index is 12.7. The minimum absolute atomic E-state index is 0.00721. The van der Waals surface area contributed by atoms with E-state index in [1.807, 2.05) is 72.8 Å². The van der Waals surface area contributed by atoms with Gasteiger partial charge in [-0.3, -0.25) is 14.4 Å². The maximum Gasteiger partial charge on any atom is 0.229 e. The van der Waals surface area contributed by atoms with E-state index in [2.05, 4.69) is 0 Å². The van der Waals surface area contributed by atoms with Crippen LogP contribution < -0.4 is 0 Å². The highest BCUT2D eigenvalue weighted by Crippen LogP contribution is 2.22. The molecule has 0 unspecified atom stereocenters. The summed E-state index contributed by atoms with van der Waals surface area (Å²) in [5.74, 6) is -0.946. The van der Waals surface area contributed by atoms with Gasteiger partial charge in [0.1, 0.15) is 0 Å². The molecule has 0 aliphatic carbocycles. The molecule has 29 heavy (non-hydrogen) atoms. The summed E-state index contributed by atoms with van der Waals surface area (Å²) in [5.41, 5.74) is 1.09. The van der Waals surface area contributed by atoms with E-state index in [-0.39, 0.29) is 18.6 Å². The molecule has 3 nitrogen and oxygen atoms in total. The predicted molar refractivity (Wildman–Crippen MR) is 115 cm³/mol. The van der Waals surface area contributed by atoms with Gasteiger partial charge >= 0.3 is 0 Å². The highest BCUT2D eigenvalue weighted by molar-refractivity contribution is 6.45. The van der Waals surface area contributed by atoms with Crippen LogP contribution in [0.4, 0.5) is 0 Å². The molecule has 4 rings (SSSR count). The van der Waals surface area contributed by atoms with E-state index < -0.39 is 11.6 Å². The largest absolute Gasteiger partial charge is 0.294 e. The molecule has 0 atom stereocenters. The van der Waals surface area contributed by atoms with Crippen LogP contribution in [0.5, 0.6) is 0 Å². The molecule has 0 heterocycles. The fraction of sp³-hybridized carbons (Fsp3) is 0.115. The third-order valence-corrected chi connectivity index (χ3v) is 5.19. The molecule has 3 heteroatoms. The van der Waals surface area contributed by atoms with E-state index in [0.29, 0.717) is 17.5 Å². The Kier molecular flexibility index (Phi) is 5.30. The molecule has 0 aliphatic heterocycles. The molecule has 142 valence electrons. The minimum Gasteiger partial charge on any atom is -0.294 e. The summed E-state index contributed by atoms with van der Waals surface area (Å²) in [4.78, 5) is 37.8. The number of hydrogen-bond acceptors (Lipinski definition) is 3. The number of carbonyl (C=O) groups is 3. The van der Waals surface area contributed by atoms with Crippen molar-refractivity contribution in [1.82, 2.24) is 0 Å². The SMILES string of the molecule is O=C(CCCC(=O)c1cccc2ccccc12)C(=O)c1cccc2ccccc12. The number of Topliss-reactive ketones (excluding diaryl/α,β-unsaturated/α-hetero) is 3. The lowest BCUT2D eigenvalue weighted by atomic mass is 9.95. The van der Waals surface area contributed by atoms with Crippen molar-refractivity contribution in [3.63, 3.8) is 0 Å². The Balaban J connectivity index is 1.43. The van der Waals surface area contributed by atoms with Crippen LogP contribution in [0, 0.1) is 0 Å². The molecule has 0 N–H and O–H groups in total. The van der Waals surface area contributed by atoms with Crippen molar-refractivity contribution in [1.29, 1.82) is 0 Å². The molecule has 4 aromatic rings. The highest BCUT2D eigenvalue weighted by Gasteiger charge is 2.19. The highest BCUT2D eigenvalue weighted by atomic mass is 16.2. The molecule has 0 radical (unpaired) electrons. The van der Waals surface area contributed by atoms with Crippen LogP contribution in [0.1, 0.15) is 40.0 Å². The third-order valence-electron chi connectivity index (χ3n) is 5.19. The minimum atomic E-state index is -0.487. The van der Waals surface area contributed by atoms with Crippen molar-refractivity contribution < 1.29 is 14.4 Å². The van der Waals surface area contributed by atoms with Gasteiger partial charge in [0.2, 0.25) is 11.6 Å². The van der Waals surface area contributed by atoms with Crippen LogP contribution in [0.3, 0.4) is 0 Å². The lowest BCUT2D eigenvalue weighted by Crippen LogP contribution is -2.15. The molecule has 0 aliphatic rings. The first-order valence-electron chi connectivity index (χ1n) is 9.71. The second-order valence-electron chi connectivity index (χ2n) is 7.08. The molecular formula is C26H20O3. The van der Waals surface area contributed by atoms with E-state index in [4.69, 9.17) is 0 Å². The number of carbonyl (C=O) groups excluding carboxylic acids is 3. The van der Waals surface area contributed by atoms with Crippen molar-refractivity contribution >= 4 is 38.9 Å². The number of rotatable bonds is 7. The van der Waals surface area contributed by atoms with E-state index in [1.165, 1.54) is 0 Å². The smallest absolute Gasteiger partial charge is 0.229 e. The van der Waals surface area contributed by atoms with Crippen molar-refractivity contribution in [2.45, 2.75) is 19.3 Å². The summed E-state index contributed by atoms with van der Waals surface area (Å²) in [6.07, 6.45) is 0.665. The summed E-state index contributed by atoms with van der Waals surface area (Å²) in [6.45, 7) is 0. The fourth-order valence-corrected chi connectivity index (χ4v) is 3.70. The normalized spacial score (nSPS) is 10.9. The Labute approximate surface area is 169 Å². The molecule has 0 aromatic heterocycles. The zero-order valence-electron chi connectivity index (χ0n) is 15.9. The predicted octanol–water partition coefficient (Wildman–Crippen LogP) is 5.80. The molecule has 4 aromatic carbocycles. The van der Waals surface area contributed by atoms with Crippen molar-refractivity contribution in [2.24, 2.45) is 0 Å². The van der Waals surface area contributed by atoms with E-state index in [0.717, 1.165) is 21.5 Å². The lowest BCUT2D eigenvalue weighted by Gasteiger charge is -2.07. The van der Waals surface area contributed by atoms with Gasteiger partial charge in [-0.15, -0.1) is 0 Å². The van der Waals surface area contributed by atoms with E-state index in [1.54, 1.807) is 12.1 Å². The van der Waals surface area contributed by atoms with Crippen molar-refractivity contribution in [2.75, 3.05) is 0 Å². The maximum absolute atomic E-state index is 12.7. The summed E-state index contributed by atoms with van der Waals surface area (Å²) in [5, 5.41) is 3.64. The first-order valence-corrected chi connectivity index (χ1v) is 9.71. The first-order chi connectivity index (χ1) is 14.1. The van der Waals surface area contributed by atoms with Crippen LogP contribution in [-0.2, 0) is 4.79 Å². The van der Waals surface area contributed by atoms with Crippen LogP contribution in [0.2, 0.25) is 0 Å². The van der Waals surface area contributed by atoms with Crippen LogP contribution in [0.25, 0.3) is 21.5 Å². The third kappa shape index (κ3) is 3.85. The van der Waals surface area contributed by atoms with Crippen molar-refractivity contribution in [3.8, 4) is 0 Å². The Bertz CT molecular complexity index is 1230. The van der Waals surface area contributed by atoms with Gasteiger partial charge in [-0.05, 0) is 28.0 Å². The van der Waals surface area contributed by atoms with Crippen LogP contribution in [-0.4, -0.2) is 17.3 Å². The molecule has 0 saturated carbocycles. The average molecular weight is 380 g/mol. The topological polar surface area (TPSA) is 51.2 Å². The van der Waals surface area contributed by atoms with Gasteiger partial charge in [0.15, 0.2) is 5.78 Å². The van der Waals surface area contributed by atoms with Gasteiger partial charge in [-0.25, -0.2) is 0 Å². The molecule has 0 fully saturated rings. The number of benzene rings is 4. The summed E-state index contributed by atoms with van der Waals surface area (Å²) < 4.78 is 0. The average Bonchev–Trinajstić information content (AvgIpc) is 2.77. The standard InChI is InChI=1S/C26H20O3/c27-24(22-14-5-10-18-8-1-3-12-20(18)22)16-7-17-25(28)26(29)23-15-6-11-19-9-2-4-13-21(19)23/h1-6,8-15H,7,16-17H2. The summed E-state index contributed by atoms with van der Waals surface area (Å²) in [6, 6.07) is 26.3. The zero-order chi connectivity index (χ0) is 20.2. The number of fused-ring (bicyclic) bond motifs is 2. The molecule has 0 spiro atoms. The quantitative estimate of drug-likeness (QED) is 0.301. The Hall–Kier alpha value is -3.59.